The Bertz CT molecular complexity index is 591. The maximum Gasteiger partial charge on any atom is 0.175 e. The zero-order valence-electron chi connectivity index (χ0n) is 17.1. The van der Waals surface area contributed by atoms with Gasteiger partial charge in [0.05, 0.1) is 17.2 Å². The van der Waals surface area contributed by atoms with E-state index in [1.165, 1.54) is 0 Å². The van der Waals surface area contributed by atoms with E-state index in [4.69, 9.17) is 5.73 Å². The number of hydrogen-bond acceptors (Lipinski definition) is 5. The number of aliphatic hydroxyl groups is 1. The Morgan fingerprint density at radius 2 is 1.65 bits per heavy atom. The molecule has 0 saturated carbocycles. The molecule has 3 N–H and O–H groups in total. The van der Waals surface area contributed by atoms with Crippen molar-refractivity contribution >= 4 is 17.3 Å². The SMILES string of the molecule is CCC(C)C(=O)C1=C(N)[C@@](O)(C(=O)CCC(C)C)[C@H](CCC(C)C)C1=O. The van der Waals surface area contributed by atoms with E-state index in [-0.39, 0.29) is 29.4 Å². The summed E-state index contributed by atoms with van der Waals surface area (Å²) in [5, 5.41) is 11.3. The third-order valence-corrected chi connectivity index (χ3v) is 5.46. The summed E-state index contributed by atoms with van der Waals surface area (Å²) >= 11 is 0. The van der Waals surface area contributed by atoms with Crippen molar-refractivity contribution in [3.8, 4) is 0 Å². The molecule has 0 fully saturated rings. The lowest BCUT2D eigenvalue weighted by Gasteiger charge is -2.29. The predicted octanol–water partition coefficient (Wildman–Crippen LogP) is 3.19. The van der Waals surface area contributed by atoms with Gasteiger partial charge in [0.1, 0.15) is 0 Å². The molecule has 1 aliphatic carbocycles. The first-order valence-electron chi connectivity index (χ1n) is 9.82. The van der Waals surface area contributed by atoms with Crippen LogP contribution in [0.25, 0.3) is 0 Å². The minimum absolute atomic E-state index is 0.144. The second-order valence-electron chi connectivity index (χ2n) is 8.47. The van der Waals surface area contributed by atoms with Crippen LogP contribution in [-0.4, -0.2) is 28.1 Å². The average Bonchev–Trinajstić information content (AvgIpc) is 2.76. The van der Waals surface area contributed by atoms with Crippen LogP contribution in [0.3, 0.4) is 0 Å². The van der Waals surface area contributed by atoms with Crippen LogP contribution in [-0.2, 0) is 14.4 Å². The Labute approximate surface area is 157 Å². The van der Waals surface area contributed by atoms with E-state index in [1.807, 2.05) is 34.6 Å². The number of ketones is 3. The van der Waals surface area contributed by atoms with E-state index in [0.717, 1.165) is 0 Å². The molecule has 0 spiro atoms. The maximum absolute atomic E-state index is 13.0. The highest BCUT2D eigenvalue weighted by Gasteiger charge is 2.57. The smallest absolute Gasteiger partial charge is 0.175 e. The van der Waals surface area contributed by atoms with Crippen LogP contribution in [0.2, 0.25) is 0 Å². The van der Waals surface area contributed by atoms with E-state index in [0.29, 0.717) is 37.5 Å². The third-order valence-electron chi connectivity index (χ3n) is 5.46. The van der Waals surface area contributed by atoms with Crippen LogP contribution in [0.5, 0.6) is 0 Å². The van der Waals surface area contributed by atoms with Crippen molar-refractivity contribution in [3.63, 3.8) is 0 Å². The topological polar surface area (TPSA) is 97.5 Å². The van der Waals surface area contributed by atoms with E-state index < -0.39 is 23.1 Å². The second-order valence-corrected chi connectivity index (χ2v) is 8.47. The maximum atomic E-state index is 13.0. The quantitative estimate of drug-likeness (QED) is 0.579. The van der Waals surface area contributed by atoms with Crippen molar-refractivity contribution in [3.05, 3.63) is 11.3 Å². The van der Waals surface area contributed by atoms with E-state index >= 15 is 0 Å². The number of rotatable bonds is 10. The summed E-state index contributed by atoms with van der Waals surface area (Å²) in [6, 6.07) is 0. The van der Waals surface area contributed by atoms with E-state index in [2.05, 4.69) is 0 Å². The largest absolute Gasteiger partial charge is 0.399 e. The molecule has 1 rings (SSSR count). The first-order valence-corrected chi connectivity index (χ1v) is 9.82. The molecule has 0 bridgehead atoms. The van der Waals surface area contributed by atoms with Gasteiger partial charge < -0.3 is 10.8 Å². The highest BCUT2D eigenvalue weighted by Crippen LogP contribution is 2.41. The van der Waals surface area contributed by atoms with Gasteiger partial charge in [0.25, 0.3) is 0 Å². The molecule has 1 aliphatic rings. The van der Waals surface area contributed by atoms with Gasteiger partial charge >= 0.3 is 0 Å². The molecule has 3 atom stereocenters. The molecule has 148 valence electrons. The fourth-order valence-electron chi connectivity index (χ4n) is 3.36. The number of hydrogen-bond donors (Lipinski definition) is 2. The summed E-state index contributed by atoms with van der Waals surface area (Å²) in [6.07, 6.45) is 2.34. The summed E-state index contributed by atoms with van der Waals surface area (Å²) in [6.45, 7) is 11.6. The molecule has 0 radical (unpaired) electrons. The normalized spacial score (nSPS) is 24.7. The molecular formula is C21H35NO4. The molecule has 26 heavy (non-hydrogen) atoms. The molecule has 1 unspecified atom stereocenters. The van der Waals surface area contributed by atoms with Gasteiger partial charge in [-0.25, -0.2) is 0 Å². The van der Waals surface area contributed by atoms with Gasteiger partial charge in [-0.1, -0.05) is 48.0 Å². The van der Waals surface area contributed by atoms with Crippen LogP contribution in [0, 0.1) is 23.7 Å². The van der Waals surface area contributed by atoms with Gasteiger partial charge in [0, 0.05) is 12.3 Å². The van der Waals surface area contributed by atoms with E-state index in [1.54, 1.807) is 6.92 Å². The molecule has 0 aliphatic heterocycles. The lowest BCUT2D eigenvalue weighted by Crippen LogP contribution is -2.48. The molecule has 5 nitrogen and oxygen atoms in total. The number of carbonyl (C=O) groups excluding carboxylic acids is 3. The van der Waals surface area contributed by atoms with Crippen molar-refractivity contribution in [2.75, 3.05) is 0 Å². The number of Topliss-reactive ketones (excluding diaryl/α,β-unsaturated/α-hetero) is 3. The first-order chi connectivity index (χ1) is 12.0. The highest BCUT2D eigenvalue weighted by atomic mass is 16.3. The van der Waals surface area contributed by atoms with Crippen molar-refractivity contribution < 1.29 is 19.5 Å². The minimum atomic E-state index is -2.04. The van der Waals surface area contributed by atoms with Crippen LogP contribution < -0.4 is 5.73 Å². The second kappa shape index (κ2) is 8.94. The standard InChI is InChI=1S/C21H35NO4/c1-7-14(6)18(24)17-19(25)15(10-8-12(2)3)21(26,20(17)22)16(23)11-9-13(4)5/h12-15,26H,7-11,22H2,1-6H3/t14?,15-,21+/m1/s1. The Morgan fingerprint density at radius 3 is 2.12 bits per heavy atom. The number of allylic oxidation sites excluding steroid dienone is 1. The van der Waals surface area contributed by atoms with Crippen LogP contribution in [0.4, 0.5) is 0 Å². The zero-order valence-corrected chi connectivity index (χ0v) is 17.1. The first kappa shape index (κ1) is 22.6. The summed E-state index contributed by atoms with van der Waals surface area (Å²) < 4.78 is 0. The Balaban J connectivity index is 3.31. The minimum Gasteiger partial charge on any atom is -0.399 e. The molecule has 0 saturated heterocycles. The lowest BCUT2D eigenvalue weighted by atomic mass is 9.78. The van der Waals surface area contributed by atoms with Gasteiger partial charge in [-0.15, -0.1) is 0 Å². The third kappa shape index (κ3) is 4.43. The Kier molecular flexibility index (Phi) is 7.75. The van der Waals surface area contributed by atoms with Crippen LogP contribution in [0.1, 0.15) is 73.6 Å². The predicted molar refractivity (Wildman–Crippen MR) is 102 cm³/mol. The lowest BCUT2D eigenvalue weighted by molar-refractivity contribution is -0.143. The number of carbonyl (C=O) groups is 3. The fourth-order valence-corrected chi connectivity index (χ4v) is 3.36. The van der Waals surface area contributed by atoms with Gasteiger partial charge in [-0.3, -0.25) is 14.4 Å². The monoisotopic (exact) mass is 365 g/mol. The van der Waals surface area contributed by atoms with Gasteiger partial charge in [-0.2, -0.15) is 0 Å². The number of nitrogens with two attached hydrogens (primary N) is 1. The van der Waals surface area contributed by atoms with E-state index in [9.17, 15) is 19.5 Å². The molecule has 5 heteroatoms. The Morgan fingerprint density at radius 1 is 1.12 bits per heavy atom. The summed E-state index contributed by atoms with van der Waals surface area (Å²) in [5.74, 6) is -1.99. The summed E-state index contributed by atoms with van der Waals surface area (Å²) in [5.41, 5.74) is 3.70. The molecule has 0 amide bonds. The van der Waals surface area contributed by atoms with Gasteiger partial charge in [0.2, 0.25) is 0 Å². The van der Waals surface area contributed by atoms with Crippen molar-refractivity contribution in [1.29, 1.82) is 0 Å². The molecule has 0 aromatic rings. The summed E-state index contributed by atoms with van der Waals surface area (Å²) in [4.78, 5) is 38.5. The van der Waals surface area contributed by atoms with Crippen molar-refractivity contribution in [2.24, 2.45) is 29.4 Å². The highest BCUT2D eigenvalue weighted by molar-refractivity contribution is 6.26. The van der Waals surface area contributed by atoms with Gasteiger partial charge in [-0.05, 0) is 31.1 Å². The zero-order chi connectivity index (χ0) is 20.2. The van der Waals surface area contributed by atoms with Gasteiger partial charge in [0.15, 0.2) is 23.0 Å². The Hall–Kier alpha value is -1.49. The van der Waals surface area contributed by atoms with Crippen LogP contribution in [0.15, 0.2) is 11.3 Å². The van der Waals surface area contributed by atoms with Crippen molar-refractivity contribution in [2.45, 2.75) is 79.2 Å². The van der Waals surface area contributed by atoms with Crippen LogP contribution >= 0.6 is 0 Å². The molecular weight excluding hydrogens is 330 g/mol. The molecule has 0 heterocycles. The molecule has 0 aromatic carbocycles. The average molecular weight is 366 g/mol. The molecule has 0 aromatic heterocycles. The fraction of sp³-hybridized carbons (Fsp3) is 0.762. The summed E-state index contributed by atoms with van der Waals surface area (Å²) in [7, 11) is 0. The van der Waals surface area contributed by atoms with Crippen molar-refractivity contribution in [1.82, 2.24) is 0 Å².